The molecule has 0 fully saturated rings. The van der Waals surface area contributed by atoms with Gasteiger partial charge < -0.3 is 4.90 Å². The molecule has 1 unspecified atom stereocenters. The van der Waals surface area contributed by atoms with E-state index in [1.54, 1.807) is 17.6 Å². The number of hydroxylamine groups is 1. The smallest absolute Gasteiger partial charge is 0.274 e. The van der Waals surface area contributed by atoms with E-state index in [4.69, 9.17) is 5.21 Å². The van der Waals surface area contributed by atoms with Gasteiger partial charge in [0.05, 0.1) is 0 Å². The Bertz CT molecular complexity index is 542. The summed E-state index contributed by atoms with van der Waals surface area (Å²) in [4.78, 5) is 25.7. The maximum atomic E-state index is 12.3. The number of amides is 2. The van der Waals surface area contributed by atoms with E-state index in [-0.39, 0.29) is 11.8 Å². The molecular formula is C16H22N2O3. The van der Waals surface area contributed by atoms with Gasteiger partial charge in [-0.25, -0.2) is 5.48 Å². The van der Waals surface area contributed by atoms with Crippen molar-refractivity contribution >= 4 is 11.8 Å². The molecule has 5 nitrogen and oxygen atoms in total. The summed E-state index contributed by atoms with van der Waals surface area (Å²) < 4.78 is 0. The van der Waals surface area contributed by atoms with Crippen molar-refractivity contribution in [3.05, 3.63) is 34.9 Å². The Hall–Kier alpha value is -1.88. The lowest BCUT2D eigenvalue weighted by atomic mass is 9.95. The zero-order chi connectivity index (χ0) is 15.4. The Labute approximate surface area is 124 Å². The highest BCUT2D eigenvalue weighted by atomic mass is 16.5. The van der Waals surface area contributed by atoms with Crippen LogP contribution >= 0.6 is 0 Å². The van der Waals surface area contributed by atoms with Crippen LogP contribution in [-0.4, -0.2) is 28.5 Å². The summed E-state index contributed by atoms with van der Waals surface area (Å²) in [5.74, 6) is -0.233. The Morgan fingerprint density at radius 2 is 2.14 bits per heavy atom. The predicted octanol–water partition coefficient (Wildman–Crippen LogP) is 2.13. The third-order valence-corrected chi connectivity index (χ3v) is 4.04. The van der Waals surface area contributed by atoms with Crippen LogP contribution in [0.5, 0.6) is 0 Å². The van der Waals surface area contributed by atoms with E-state index in [1.807, 2.05) is 17.9 Å². The van der Waals surface area contributed by atoms with Crippen LogP contribution in [0.2, 0.25) is 0 Å². The molecule has 114 valence electrons. The molecule has 0 aliphatic carbocycles. The first-order valence-electron chi connectivity index (χ1n) is 7.41. The molecule has 1 aliphatic heterocycles. The Balaban J connectivity index is 2.11. The van der Waals surface area contributed by atoms with Gasteiger partial charge in [-0.1, -0.05) is 26.3 Å². The minimum absolute atomic E-state index is 0.0657. The van der Waals surface area contributed by atoms with Crippen molar-refractivity contribution in [2.45, 2.75) is 39.7 Å². The average molecular weight is 290 g/mol. The zero-order valence-electron chi connectivity index (χ0n) is 12.6. The molecule has 1 aromatic carbocycles. The topological polar surface area (TPSA) is 69.6 Å². The fraction of sp³-hybridized carbons (Fsp3) is 0.500. The summed E-state index contributed by atoms with van der Waals surface area (Å²) in [6, 6.07) is 5.33. The third kappa shape index (κ3) is 3.42. The first-order chi connectivity index (χ1) is 10.1. The molecule has 0 radical (unpaired) electrons. The van der Waals surface area contributed by atoms with Crippen LogP contribution in [0.4, 0.5) is 0 Å². The fourth-order valence-electron chi connectivity index (χ4n) is 2.82. The molecule has 1 aliphatic rings. The van der Waals surface area contributed by atoms with Crippen molar-refractivity contribution in [3.8, 4) is 0 Å². The van der Waals surface area contributed by atoms with Crippen LogP contribution in [0.1, 0.15) is 48.2 Å². The molecule has 1 aromatic rings. The molecule has 5 heteroatoms. The van der Waals surface area contributed by atoms with Crippen molar-refractivity contribution in [1.29, 1.82) is 0 Å². The number of carbonyl (C=O) groups is 2. The molecule has 1 atom stereocenters. The van der Waals surface area contributed by atoms with E-state index in [2.05, 4.69) is 6.92 Å². The lowest BCUT2D eigenvalue weighted by Crippen LogP contribution is -2.39. The Kier molecular flexibility index (Phi) is 4.96. The number of hydrogen-bond donors (Lipinski definition) is 2. The Morgan fingerprint density at radius 1 is 1.38 bits per heavy atom. The van der Waals surface area contributed by atoms with Gasteiger partial charge in [0.2, 0.25) is 5.91 Å². The van der Waals surface area contributed by atoms with Gasteiger partial charge in [-0.2, -0.15) is 0 Å². The SMILES string of the molecule is CCCC(C)C(=O)N1CCc2cc(C(=O)NO)ccc2C1. The van der Waals surface area contributed by atoms with Crippen molar-refractivity contribution in [1.82, 2.24) is 10.4 Å². The van der Waals surface area contributed by atoms with Gasteiger partial charge in [0.15, 0.2) is 0 Å². The summed E-state index contributed by atoms with van der Waals surface area (Å²) in [7, 11) is 0. The number of benzene rings is 1. The van der Waals surface area contributed by atoms with Gasteiger partial charge in [0.25, 0.3) is 5.91 Å². The summed E-state index contributed by atoms with van der Waals surface area (Å²) in [5.41, 5.74) is 4.23. The maximum Gasteiger partial charge on any atom is 0.274 e. The molecule has 1 heterocycles. The van der Waals surface area contributed by atoms with Gasteiger partial charge in [0.1, 0.15) is 0 Å². The van der Waals surface area contributed by atoms with E-state index in [1.165, 1.54) is 0 Å². The van der Waals surface area contributed by atoms with Gasteiger partial charge in [-0.15, -0.1) is 0 Å². The minimum atomic E-state index is -0.507. The van der Waals surface area contributed by atoms with E-state index in [9.17, 15) is 9.59 Å². The number of fused-ring (bicyclic) bond motifs is 1. The van der Waals surface area contributed by atoms with Crippen LogP contribution in [0.3, 0.4) is 0 Å². The minimum Gasteiger partial charge on any atom is -0.338 e. The van der Waals surface area contributed by atoms with E-state index in [0.717, 1.165) is 30.4 Å². The molecule has 2 amide bonds. The summed E-state index contributed by atoms with van der Waals surface area (Å²) >= 11 is 0. The lowest BCUT2D eigenvalue weighted by Gasteiger charge is -2.31. The molecule has 2 rings (SSSR count). The van der Waals surface area contributed by atoms with E-state index >= 15 is 0 Å². The third-order valence-electron chi connectivity index (χ3n) is 4.04. The standard InChI is InChI=1S/C16H22N2O3/c1-3-4-11(2)16(20)18-8-7-12-9-13(15(19)17-21)5-6-14(12)10-18/h5-6,9,11,21H,3-4,7-8,10H2,1-2H3,(H,17,19). The second-order valence-electron chi connectivity index (χ2n) is 5.62. The van der Waals surface area contributed by atoms with E-state index in [0.29, 0.717) is 18.7 Å². The zero-order valence-corrected chi connectivity index (χ0v) is 12.6. The molecule has 21 heavy (non-hydrogen) atoms. The van der Waals surface area contributed by atoms with Crippen LogP contribution in [0.15, 0.2) is 18.2 Å². The molecule has 0 saturated carbocycles. The largest absolute Gasteiger partial charge is 0.338 e. The number of rotatable bonds is 4. The predicted molar refractivity (Wildman–Crippen MR) is 78.9 cm³/mol. The van der Waals surface area contributed by atoms with E-state index < -0.39 is 5.91 Å². The second kappa shape index (κ2) is 6.72. The van der Waals surface area contributed by atoms with Crippen LogP contribution in [0.25, 0.3) is 0 Å². The number of hydrogen-bond acceptors (Lipinski definition) is 3. The van der Waals surface area contributed by atoms with Crippen molar-refractivity contribution < 1.29 is 14.8 Å². The number of nitrogens with zero attached hydrogens (tertiary/aromatic N) is 1. The van der Waals surface area contributed by atoms with Gasteiger partial charge >= 0.3 is 0 Å². The first kappa shape index (κ1) is 15.5. The highest BCUT2D eigenvalue weighted by Crippen LogP contribution is 2.22. The maximum absolute atomic E-state index is 12.3. The quantitative estimate of drug-likeness (QED) is 0.659. The first-order valence-corrected chi connectivity index (χ1v) is 7.41. The van der Waals surface area contributed by atoms with Gasteiger partial charge in [0, 0.05) is 24.6 Å². The summed E-state index contributed by atoms with van der Waals surface area (Å²) in [5, 5.41) is 8.67. The number of carbonyl (C=O) groups excluding carboxylic acids is 2. The second-order valence-corrected chi connectivity index (χ2v) is 5.62. The van der Waals surface area contributed by atoms with Gasteiger partial charge in [-0.3, -0.25) is 14.8 Å². The summed E-state index contributed by atoms with van der Waals surface area (Å²) in [6.07, 6.45) is 2.67. The molecule has 0 spiro atoms. The van der Waals surface area contributed by atoms with Crippen LogP contribution < -0.4 is 5.48 Å². The molecule has 0 aromatic heterocycles. The highest BCUT2D eigenvalue weighted by Gasteiger charge is 2.24. The van der Waals surface area contributed by atoms with Crippen LogP contribution in [0, 0.1) is 5.92 Å². The summed E-state index contributed by atoms with van der Waals surface area (Å²) in [6.45, 7) is 5.35. The van der Waals surface area contributed by atoms with Gasteiger partial charge in [-0.05, 0) is 36.1 Å². The lowest BCUT2D eigenvalue weighted by molar-refractivity contribution is -0.136. The molecular weight excluding hydrogens is 268 g/mol. The molecule has 0 bridgehead atoms. The Morgan fingerprint density at radius 3 is 2.81 bits per heavy atom. The monoisotopic (exact) mass is 290 g/mol. The normalized spacial score (nSPS) is 15.3. The van der Waals surface area contributed by atoms with Crippen molar-refractivity contribution in [2.24, 2.45) is 5.92 Å². The van der Waals surface area contributed by atoms with Crippen LogP contribution in [-0.2, 0) is 17.8 Å². The number of nitrogens with one attached hydrogen (secondary N) is 1. The van der Waals surface area contributed by atoms with Crippen molar-refractivity contribution in [2.75, 3.05) is 6.54 Å². The fourth-order valence-corrected chi connectivity index (χ4v) is 2.82. The average Bonchev–Trinajstić information content (AvgIpc) is 2.52. The molecule has 0 saturated heterocycles. The highest BCUT2D eigenvalue weighted by molar-refractivity contribution is 5.93. The van der Waals surface area contributed by atoms with Crippen molar-refractivity contribution in [3.63, 3.8) is 0 Å². The molecule has 2 N–H and O–H groups in total.